The fourth-order valence-electron chi connectivity index (χ4n) is 2.64. The molecule has 0 saturated heterocycles. The zero-order chi connectivity index (χ0) is 19.1. The number of carbonyl (C=O) groups excluding carboxylic acids is 1. The third-order valence-electron chi connectivity index (χ3n) is 4.22. The van der Waals surface area contributed by atoms with Crippen molar-refractivity contribution in [2.45, 2.75) is 19.9 Å². The van der Waals surface area contributed by atoms with E-state index in [0.717, 1.165) is 17.7 Å². The van der Waals surface area contributed by atoms with Crippen molar-refractivity contribution in [3.8, 4) is 0 Å². The molecule has 0 fully saturated rings. The molecule has 5 heteroatoms. The molecule has 0 aliphatic heterocycles. The van der Waals surface area contributed by atoms with E-state index in [-0.39, 0.29) is 5.91 Å². The second-order valence-corrected chi connectivity index (χ2v) is 6.84. The molecule has 1 amide bonds. The second-order valence-electron chi connectivity index (χ2n) is 6.40. The van der Waals surface area contributed by atoms with Crippen LogP contribution in [0.5, 0.6) is 0 Å². The van der Waals surface area contributed by atoms with Crippen LogP contribution in [-0.4, -0.2) is 17.4 Å². The van der Waals surface area contributed by atoms with E-state index in [2.05, 4.69) is 46.8 Å². The van der Waals surface area contributed by atoms with Gasteiger partial charge in [-0.3, -0.25) is 9.78 Å². The summed E-state index contributed by atoms with van der Waals surface area (Å²) in [5.41, 5.74) is 4.82. The van der Waals surface area contributed by atoms with Gasteiger partial charge in [0.15, 0.2) is 0 Å². The lowest BCUT2D eigenvalue weighted by Crippen LogP contribution is -2.26. The topological polar surface area (TPSA) is 54.0 Å². The monoisotopic (exact) mass is 379 g/mol. The lowest BCUT2D eigenvalue weighted by atomic mass is 10.1. The highest BCUT2D eigenvalue weighted by Crippen LogP contribution is 2.12. The van der Waals surface area contributed by atoms with Crippen molar-refractivity contribution in [1.29, 1.82) is 0 Å². The quantitative estimate of drug-likeness (QED) is 0.629. The van der Waals surface area contributed by atoms with E-state index in [1.165, 1.54) is 11.1 Å². The molecule has 2 aromatic carbocycles. The van der Waals surface area contributed by atoms with Crippen LogP contribution < -0.4 is 10.6 Å². The van der Waals surface area contributed by atoms with Crippen LogP contribution in [0.2, 0.25) is 5.02 Å². The molecule has 1 aromatic heterocycles. The molecule has 0 spiro atoms. The van der Waals surface area contributed by atoms with E-state index < -0.39 is 0 Å². The molecule has 4 nitrogen and oxygen atoms in total. The maximum Gasteiger partial charge on any atom is 0.269 e. The van der Waals surface area contributed by atoms with Gasteiger partial charge in [0.1, 0.15) is 5.69 Å². The second kappa shape index (κ2) is 9.19. The first-order chi connectivity index (χ1) is 13.1. The zero-order valence-corrected chi connectivity index (χ0v) is 16.0. The molecule has 0 aliphatic carbocycles. The molecular weight excluding hydrogens is 358 g/mol. The van der Waals surface area contributed by atoms with Crippen LogP contribution in [0.1, 0.15) is 27.2 Å². The number of rotatable bonds is 7. The Labute approximate surface area is 164 Å². The van der Waals surface area contributed by atoms with Crippen molar-refractivity contribution in [3.63, 3.8) is 0 Å². The Bertz CT molecular complexity index is 892. The van der Waals surface area contributed by atoms with Crippen LogP contribution in [0.25, 0.3) is 0 Å². The highest BCUT2D eigenvalue weighted by atomic mass is 35.5. The summed E-state index contributed by atoms with van der Waals surface area (Å²) in [6, 6.07) is 19.6. The third kappa shape index (κ3) is 5.83. The van der Waals surface area contributed by atoms with Gasteiger partial charge in [-0.2, -0.15) is 0 Å². The minimum Gasteiger partial charge on any atom is -0.381 e. The lowest BCUT2D eigenvalue weighted by Gasteiger charge is -2.09. The van der Waals surface area contributed by atoms with Gasteiger partial charge in [0.05, 0.1) is 0 Å². The smallest absolute Gasteiger partial charge is 0.269 e. The normalized spacial score (nSPS) is 10.4. The van der Waals surface area contributed by atoms with E-state index in [9.17, 15) is 4.79 Å². The predicted molar refractivity (Wildman–Crippen MR) is 110 cm³/mol. The van der Waals surface area contributed by atoms with Gasteiger partial charge in [0.25, 0.3) is 5.91 Å². The fourth-order valence-corrected chi connectivity index (χ4v) is 2.76. The maximum absolute atomic E-state index is 12.3. The number of aryl methyl sites for hydroxylation is 1. The van der Waals surface area contributed by atoms with Gasteiger partial charge in [0.2, 0.25) is 0 Å². The Balaban J connectivity index is 1.51. The number of nitrogens with one attached hydrogen (secondary N) is 2. The summed E-state index contributed by atoms with van der Waals surface area (Å²) >= 11 is 5.88. The van der Waals surface area contributed by atoms with E-state index in [1.807, 2.05) is 30.3 Å². The summed E-state index contributed by atoms with van der Waals surface area (Å²) in [7, 11) is 0. The number of anilines is 1. The number of hydrogen-bond donors (Lipinski definition) is 2. The molecule has 2 N–H and O–H groups in total. The molecular formula is C22H22ClN3O. The van der Waals surface area contributed by atoms with E-state index in [1.54, 1.807) is 12.3 Å². The standard InChI is InChI=1S/C22H22ClN3O/c1-16-2-4-18(5-3-16)15-26-20-11-13-24-21(14-20)22(27)25-12-10-17-6-8-19(23)9-7-17/h2-9,11,13-14H,10,12,15H2,1H3,(H,24,26)(H,25,27). The molecule has 1 heterocycles. The van der Waals surface area contributed by atoms with Gasteiger partial charge in [0, 0.05) is 30.0 Å². The van der Waals surface area contributed by atoms with E-state index in [0.29, 0.717) is 23.8 Å². The van der Waals surface area contributed by atoms with Crippen LogP contribution in [0, 0.1) is 6.92 Å². The molecule has 0 unspecified atom stereocenters. The summed E-state index contributed by atoms with van der Waals surface area (Å²) in [4.78, 5) is 16.5. The van der Waals surface area contributed by atoms with Gasteiger partial charge < -0.3 is 10.6 Å². The summed E-state index contributed by atoms with van der Waals surface area (Å²) in [5.74, 6) is -0.178. The number of carbonyl (C=O) groups is 1. The first-order valence-electron chi connectivity index (χ1n) is 8.88. The van der Waals surface area contributed by atoms with Gasteiger partial charge in [-0.05, 0) is 48.7 Å². The Hall–Kier alpha value is -2.85. The molecule has 0 bridgehead atoms. The van der Waals surface area contributed by atoms with Gasteiger partial charge in [-0.25, -0.2) is 0 Å². The van der Waals surface area contributed by atoms with Crippen LogP contribution in [0.15, 0.2) is 66.9 Å². The Morgan fingerprint density at radius 3 is 2.44 bits per heavy atom. The van der Waals surface area contributed by atoms with Crippen LogP contribution in [0.4, 0.5) is 5.69 Å². The first kappa shape index (κ1) is 18.9. The zero-order valence-electron chi connectivity index (χ0n) is 15.2. The molecule has 0 saturated carbocycles. The minimum atomic E-state index is -0.178. The van der Waals surface area contributed by atoms with Crippen molar-refractivity contribution < 1.29 is 4.79 Å². The van der Waals surface area contributed by atoms with Crippen molar-refractivity contribution in [3.05, 3.63) is 94.3 Å². The average Bonchev–Trinajstić information content (AvgIpc) is 2.69. The van der Waals surface area contributed by atoms with Crippen molar-refractivity contribution in [2.24, 2.45) is 0 Å². The van der Waals surface area contributed by atoms with Gasteiger partial charge >= 0.3 is 0 Å². The first-order valence-corrected chi connectivity index (χ1v) is 9.26. The molecule has 3 aromatic rings. The van der Waals surface area contributed by atoms with E-state index >= 15 is 0 Å². The van der Waals surface area contributed by atoms with E-state index in [4.69, 9.17) is 11.6 Å². The average molecular weight is 380 g/mol. The predicted octanol–water partition coefficient (Wildman–Crippen LogP) is 4.63. The summed E-state index contributed by atoms with van der Waals surface area (Å²) in [6.45, 7) is 3.31. The van der Waals surface area contributed by atoms with Crippen LogP contribution in [-0.2, 0) is 13.0 Å². The molecule has 27 heavy (non-hydrogen) atoms. The molecule has 0 atom stereocenters. The Morgan fingerprint density at radius 2 is 1.70 bits per heavy atom. The maximum atomic E-state index is 12.3. The highest BCUT2D eigenvalue weighted by Gasteiger charge is 2.07. The largest absolute Gasteiger partial charge is 0.381 e. The Morgan fingerprint density at radius 1 is 1.00 bits per heavy atom. The van der Waals surface area contributed by atoms with Crippen LogP contribution in [0.3, 0.4) is 0 Å². The third-order valence-corrected chi connectivity index (χ3v) is 4.47. The Kier molecular flexibility index (Phi) is 6.44. The number of nitrogens with zero attached hydrogens (tertiary/aromatic N) is 1. The lowest BCUT2D eigenvalue weighted by molar-refractivity contribution is 0.0949. The number of amides is 1. The molecule has 0 radical (unpaired) electrons. The highest BCUT2D eigenvalue weighted by molar-refractivity contribution is 6.30. The summed E-state index contributed by atoms with van der Waals surface area (Å²) in [6.07, 6.45) is 2.39. The van der Waals surface area contributed by atoms with Crippen LogP contribution >= 0.6 is 11.6 Å². The molecule has 3 rings (SSSR count). The number of hydrogen-bond acceptors (Lipinski definition) is 3. The molecule has 138 valence electrons. The SMILES string of the molecule is Cc1ccc(CNc2ccnc(C(=O)NCCc3ccc(Cl)cc3)c2)cc1. The summed E-state index contributed by atoms with van der Waals surface area (Å²) < 4.78 is 0. The van der Waals surface area contributed by atoms with Gasteiger partial charge in [-0.1, -0.05) is 53.6 Å². The fraction of sp³-hybridized carbons (Fsp3) is 0.182. The van der Waals surface area contributed by atoms with Gasteiger partial charge in [-0.15, -0.1) is 0 Å². The minimum absolute atomic E-state index is 0.178. The van der Waals surface area contributed by atoms with Crippen molar-refractivity contribution in [2.75, 3.05) is 11.9 Å². The number of aromatic nitrogens is 1. The number of halogens is 1. The number of pyridine rings is 1. The van der Waals surface area contributed by atoms with Crippen molar-refractivity contribution >= 4 is 23.2 Å². The van der Waals surface area contributed by atoms with Crippen molar-refractivity contribution in [1.82, 2.24) is 10.3 Å². The number of benzene rings is 2. The molecule has 0 aliphatic rings. The summed E-state index contributed by atoms with van der Waals surface area (Å²) in [5, 5.41) is 6.95.